The van der Waals surface area contributed by atoms with Gasteiger partial charge in [-0.3, -0.25) is 4.98 Å². The number of benzene rings is 1. The van der Waals surface area contributed by atoms with Crippen LogP contribution in [0.3, 0.4) is 0 Å². The van der Waals surface area contributed by atoms with Crippen molar-refractivity contribution in [3.63, 3.8) is 0 Å². The summed E-state index contributed by atoms with van der Waals surface area (Å²) in [5.74, 6) is 0. The number of hydrogen-bond donors (Lipinski definition) is 1. The number of nitrogens with zero attached hydrogens (tertiary/aromatic N) is 1. The number of aryl methyl sites for hydroxylation is 1. The molecule has 0 atom stereocenters. The first-order valence-corrected chi connectivity index (χ1v) is 5.89. The van der Waals surface area contributed by atoms with Gasteiger partial charge >= 0.3 is 0 Å². The van der Waals surface area contributed by atoms with Crippen LogP contribution in [0.4, 0.5) is 5.69 Å². The van der Waals surface area contributed by atoms with Crippen LogP contribution in [-0.4, -0.2) is 11.5 Å². The van der Waals surface area contributed by atoms with Crippen molar-refractivity contribution in [1.29, 1.82) is 0 Å². The maximum absolute atomic E-state index is 6.18. The van der Waals surface area contributed by atoms with Gasteiger partial charge in [0, 0.05) is 23.8 Å². The van der Waals surface area contributed by atoms with Gasteiger partial charge in [-0.2, -0.15) is 0 Å². The van der Waals surface area contributed by atoms with E-state index in [-0.39, 0.29) is 0 Å². The number of rotatable bonds is 3. The van der Waals surface area contributed by atoms with E-state index in [1.807, 2.05) is 19.1 Å². The molecule has 0 spiro atoms. The van der Waals surface area contributed by atoms with Crippen LogP contribution in [0.15, 0.2) is 24.4 Å². The largest absolute Gasteiger partial charge is 0.384 e. The first-order chi connectivity index (χ1) is 7.72. The Hall–Kier alpha value is -1.28. The highest BCUT2D eigenvalue weighted by Crippen LogP contribution is 2.28. The lowest BCUT2D eigenvalue weighted by Crippen LogP contribution is -2.00. The highest BCUT2D eigenvalue weighted by molar-refractivity contribution is 6.35. The number of aromatic nitrogens is 1. The van der Waals surface area contributed by atoms with Crippen molar-refractivity contribution in [2.75, 3.05) is 11.9 Å². The Morgan fingerprint density at radius 2 is 2.19 bits per heavy atom. The summed E-state index contributed by atoms with van der Waals surface area (Å²) >= 11 is 6.18. The molecule has 0 fully saturated rings. The molecule has 0 bridgehead atoms. The molecule has 1 N–H and O–H groups in total. The van der Waals surface area contributed by atoms with E-state index in [0.29, 0.717) is 0 Å². The van der Waals surface area contributed by atoms with Crippen LogP contribution in [0.1, 0.15) is 18.9 Å². The van der Waals surface area contributed by atoms with E-state index in [0.717, 1.165) is 40.1 Å². The van der Waals surface area contributed by atoms with Gasteiger partial charge in [-0.15, -0.1) is 0 Å². The molecule has 1 aromatic heterocycles. The molecule has 0 aliphatic carbocycles. The molecular formula is C13H15ClN2. The van der Waals surface area contributed by atoms with E-state index >= 15 is 0 Å². The molecule has 0 amide bonds. The van der Waals surface area contributed by atoms with E-state index in [9.17, 15) is 0 Å². The van der Waals surface area contributed by atoms with Crippen LogP contribution in [-0.2, 0) is 0 Å². The number of nitrogens with one attached hydrogen (secondary N) is 1. The zero-order chi connectivity index (χ0) is 11.5. The average Bonchev–Trinajstić information content (AvgIpc) is 2.26. The second-order valence-corrected chi connectivity index (χ2v) is 4.34. The molecule has 2 aromatic rings. The normalized spacial score (nSPS) is 10.7. The smallest absolute Gasteiger partial charge is 0.0909 e. The van der Waals surface area contributed by atoms with Crippen LogP contribution >= 0.6 is 11.6 Å². The molecule has 2 rings (SSSR count). The zero-order valence-electron chi connectivity index (χ0n) is 9.55. The van der Waals surface area contributed by atoms with E-state index in [1.165, 1.54) is 0 Å². The first-order valence-electron chi connectivity index (χ1n) is 5.51. The lowest BCUT2D eigenvalue weighted by atomic mass is 10.1. The number of halogens is 1. The van der Waals surface area contributed by atoms with Gasteiger partial charge in [0.2, 0.25) is 0 Å². The molecule has 0 aliphatic rings. The summed E-state index contributed by atoms with van der Waals surface area (Å²) in [5.41, 5.74) is 3.14. The van der Waals surface area contributed by atoms with E-state index in [4.69, 9.17) is 11.6 Å². The molecule has 0 saturated carbocycles. The molecule has 2 nitrogen and oxygen atoms in total. The molecule has 84 valence electrons. The van der Waals surface area contributed by atoms with Gasteiger partial charge < -0.3 is 5.32 Å². The zero-order valence-corrected chi connectivity index (χ0v) is 10.3. The average molecular weight is 235 g/mol. The van der Waals surface area contributed by atoms with Crippen molar-refractivity contribution in [3.05, 3.63) is 35.0 Å². The van der Waals surface area contributed by atoms with Crippen molar-refractivity contribution in [3.8, 4) is 0 Å². The summed E-state index contributed by atoms with van der Waals surface area (Å²) in [6, 6.07) is 6.06. The van der Waals surface area contributed by atoms with Crippen molar-refractivity contribution < 1.29 is 0 Å². The van der Waals surface area contributed by atoms with Crippen molar-refractivity contribution in [2.45, 2.75) is 20.3 Å². The van der Waals surface area contributed by atoms with Crippen LogP contribution < -0.4 is 5.32 Å². The van der Waals surface area contributed by atoms with Gasteiger partial charge in [0.15, 0.2) is 0 Å². The van der Waals surface area contributed by atoms with Crippen LogP contribution in [0.5, 0.6) is 0 Å². The van der Waals surface area contributed by atoms with Crippen LogP contribution in [0, 0.1) is 6.92 Å². The molecule has 0 unspecified atom stereocenters. The number of pyridine rings is 1. The van der Waals surface area contributed by atoms with Gasteiger partial charge in [-0.1, -0.05) is 18.5 Å². The molecule has 16 heavy (non-hydrogen) atoms. The molecule has 0 aliphatic heterocycles. The van der Waals surface area contributed by atoms with E-state index < -0.39 is 0 Å². The number of anilines is 1. The van der Waals surface area contributed by atoms with Gasteiger partial charge in [-0.25, -0.2) is 0 Å². The van der Waals surface area contributed by atoms with Crippen LogP contribution in [0.25, 0.3) is 10.9 Å². The predicted molar refractivity (Wildman–Crippen MR) is 70.3 cm³/mol. The molecular weight excluding hydrogens is 220 g/mol. The van der Waals surface area contributed by atoms with Gasteiger partial charge in [0.25, 0.3) is 0 Å². The molecule has 1 heterocycles. The lowest BCUT2D eigenvalue weighted by Gasteiger charge is -2.09. The number of fused-ring (bicyclic) bond motifs is 1. The summed E-state index contributed by atoms with van der Waals surface area (Å²) < 4.78 is 0. The molecule has 1 aromatic carbocycles. The molecule has 3 heteroatoms. The lowest BCUT2D eigenvalue weighted by molar-refractivity contribution is 0.981. The number of hydrogen-bond acceptors (Lipinski definition) is 2. The Bertz CT molecular complexity index is 509. The fraction of sp³-hybridized carbons (Fsp3) is 0.308. The second-order valence-electron chi connectivity index (χ2n) is 3.93. The summed E-state index contributed by atoms with van der Waals surface area (Å²) in [6.45, 7) is 5.15. The van der Waals surface area contributed by atoms with Gasteiger partial charge in [-0.05, 0) is 37.1 Å². The minimum absolute atomic E-state index is 0.718. The van der Waals surface area contributed by atoms with E-state index in [2.05, 4.69) is 23.3 Å². The van der Waals surface area contributed by atoms with Crippen molar-refractivity contribution >= 4 is 28.2 Å². The highest BCUT2D eigenvalue weighted by atomic mass is 35.5. The Labute approximate surface area is 101 Å². The summed E-state index contributed by atoms with van der Waals surface area (Å²) in [7, 11) is 0. The maximum Gasteiger partial charge on any atom is 0.0909 e. The maximum atomic E-state index is 6.18. The monoisotopic (exact) mass is 234 g/mol. The first kappa shape index (κ1) is 11.2. The minimum atomic E-state index is 0.718. The van der Waals surface area contributed by atoms with Crippen molar-refractivity contribution in [1.82, 2.24) is 4.98 Å². The topological polar surface area (TPSA) is 24.9 Å². The fourth-order valence-electron chi connectivity index (χ4n) is 1.76. The predicted octanol–water partition coefficient (Wildman–Crippen LogP) is 4.02. The summed E-state index contributed by atoms with van der Waals surface area (Å²) in [6.07, 6.45) is 2.89. The quantitative estimate of drug-likeness (QED) is 0.868. The van der Waals surface area contributed by atoms with Gasteiger partial charge in [0.1, 0.15) is 0 Å². The van der Waals surface area contributed by atoms with Crippen molar-refractivity contribution in [2.24, 2.45) is 0 Å². The molecule has 0 radical (unpaired) electrons. The Morgan fingerprint density at radius 3 is 2.94 bits per heavy atom. The fourth-order valence-corrected chi connectivity index (χ4v) is 2.08. The SMILES string of the molecule is CCCNc1ccnc2c(Cl)cc(C)cc12. The van der Waals surface area contributed by atoms with Gasteiger partial charge in [0.05, 0.1) is 10.5 Å². The van der Waals surface area contributed by atoms with E-state index in [1.54, 1.807) is 6.20 Å². The summed E-state index contributed by atoms with van der Waals surface area (Å²) in [4.78, 5) is 4.32. The summed E-state index contributed by atoms with van der Waals surface area (Å²) in [5, 5.41) is 5.21. The minimum Gasteiger partial charge on any atom is -0.384 e. The third-order valence-corrected chi connectivity index (χ3v) is 2.80. The van der Waals surface area contributed by atoms with Crippen LogP contribution in [0.2, 0.25) is 5.02 Å². The second kappa shape index (κ2) is 4.71. The highest BCUT2D eigenvalue weighted by Gasteiger charge is 2.05. The third-order valence-electron chi connectivity index (χ3n) is 2.51. The Balaban J connectivity index is 2.57. The Kier molecular flexibility index (Phi) is 3.30. The standard InChI is InChI=1S/C13H15ClN2/c1-3-5-15-12-4-6-16-13-10(12)7-9(2)8-11(13)14/h4,6-8H,3,5H2,1-2H3,(H,15,16). The Morgan fingerprint density at radius 1 is 1.38 bits per heavy atom. The third kappa shape index (κ3) is 2.12. The molecule has 0 saturated heterocycles.